The molecule has 1 aromatic heterocycles. The highest BCUT2D eigenvalue weighted by atomic mass is 32.2. The van der Waals surface area contributed by atoms with Crippen molar-refractivity contribution in [2.75, 3.05) is 31.3 Å². The summed E-state index contributed by atoms with van der Waals surface area (Å²) < 4.78 is 33.3. The van der Waals surface area contributed by atoms with Crippen LogP contribution in [0.1, 0.15) is 49.6 Å². The second-order valence-electron chi connectivity index (χ2n) is 7.96. The van der Waals surface area contributed by atoms with Crippen LogP contribution in [-0.4, -0.2) is 54.6 Å². The number of nitrogens with one attached hydrogen (secondary N) is 1. The molecule has 1 N–H and O–H groups in total. The molecule has 2 aromatic rings. The van der Waals surface area contributed by atoms with E-state index < -0.39 is 10.0 Å². The van der Waals surface area contributed by atoms with E-state index in [9.17, 15) is 13.2 Å². The van der Waals surface area contributed by atoms with Crippen molar-refractivity contribution >= 4 is 33.4 Å². The van der Waals surface area contributed by atoms with E-state index in [1.165, 1.54) is 22.1 Å². The summed E-state index contributed by atoms with van der Waals surface area (Å²) in [6.45, 7) is 7.13. The summed E-state index contributed by atoms with van der Waals surface area (Å²) >= 11 is 1.48. The molecule has 0 spiro atoms. The third-order valence-corrected chi connectivity index (χ3v) is 8.10. The molecule has 1 saturated heterocycles. The molecule has 0 saturated carbocycles. The zero-order chi connectivity index (χ0) is 24.0. The standard InChI is InChI=1S/C23H32N4O4S2/c1-5-31-21-11-9-18(33(29,30)27-13-7-6-8-14-27)15-20(21)26-22(28)12-10-19-16(2)24-23(32-4)25-17(19)3/h9,11,15H,5-8,10,12-14H2,1-4H3,(H,26,28). The van der Waals surface area contributed by atoms with Crippen LogP contribution in [0.3, 0.4) is 0 Å². The predicted molar refractivity (Wildman–Crippen MR) is 130 cm³/mol. The van der Waals surface area contributed by atoms with Gasteiger partial charge in [-0.3, -0.25) is 4.79 Å². The summed E-state index contributed by atoms with van der Waals surface area (Å²) in [5.41, 5.74) is 3.05. The van der Waals surface area contributed by atoms with Gasteiger partial charge in [-0.25, -0.2) is 18.4 Å². The van der Waals surface area contributed by atoms with E-state index in [1.54, 1.807) is 12.1 Å². The molecule has 2 heterocycles. The van der Waals surface area contributed by atoms with Crippen LogP contribution in [-0.2, 0) is 21.2 Å². The molecule has 1 aromatic carbocycles. The van der Waals surface area contributed by atoms with Crippen LogP contribution in [0.25, 0.3) is 0 Å². The minimum Gasteiger partial charge on any atom is -0.492 e. The summed E-state index contributed by atoms with van der Waals surface area (Å²) in [5, 5.41) is 3.56. The van der Waals surface area contributed by atoms with Gasteiger partial charge in [0, 0.05) is 30.9 Å². The lowest BCUT2D eigenvalue weighted by atomic mass is 10.1. The first-order valence-electron chi connectivity index (χ1n) is 11.2. The molecule has 0 aliphatic carbocycles. The number of rotatable bonds is 9. The Hall–Kier alpha value is -2.17. The predicted octanol–water partition coefficient (Wildman–Crippen LogP) is 3.96. The number of aromatic nitrogens is 2. The van der Waals surface area contributed by atoms with Gasteiger partial charge in [0.2, 0.25) is 15.9 Å². The number of hydrogen-bond donors (Lipinski definition) is 1. The molecule has 1 fully saturated rings. The molecular weight excluding hydrogens is 460 g/mol. The molecule has 1 aliphatic rings. The molecular formula is C23H32N4O4S2. The van der Waals surface area contributed by atoms with E-state index in [-0.39, 0.29) is 17.2 Å². The fourth-order valence-electron chi connectivity index (χ4n) is 3.92. The largest absolute Gasteiger partial charge is 0.492 e. The number of anilines is 1. The fraction of sp³-hybridized carbons (Fsp3) is 0.522. The van der Waals surface area contributed by atoms with Gasteiger partial charge in [0.1, 0.15) is 5.75 Å². The molecule has 0 radical (unpaired) electrons. The number of carbonyl (C=O) groups is 1. The van der Waals surface area contributed by atoms with Crippen LogP contribution in [0.15, 0.2) is 28.3 Å². The lowest BCUT2D eigenvalue weighted by Gasteiger charge is -2.26. The molecule has 1 amide bonds. The first-order chi connectivity index (χ1) is 15.8. The number of thioether (sulfide) groups is 1. The summed E-state index contributed by atoms with van der Waals surface area (Å²) in [6.07, 6.45) is 5.41. The van der Waals surface area contributed by atoms with Gasteiger partial charge in [0.15, 0.2) is 5.16 Å². The molecule has 33 heavy (non-hydrogen) atoms. The van der Waals surface area contributed by atoms with Crippen LogP contribution < -0.4 is 10.1 Å². The zero-order valence-electron chi connectivity index (χ0n) is 19.7. The van der Waals surface area contributed by atoms with E-state index >= 15 is 0 Å². The number of amides is 1. The quantitative estimate of drug-likeness (QED) is 0.418. The van der Waals surface area contributed by atoms with Crippen molar-refractivity contribution in [1.29, 1.82) is 0 Å². The van der Waals surface area contributed by atoms with Gasteiger partial charge >= 0.3 is 0 Å². The molecule has 0 bridgehead atoms. The van der Waals surface area contributed by atoms with Crippen molar-refractivity contribution in [2.45, 2.75) is 62.9 Å². The minimum atomic E-state index is -3.62. The third-order valence-electron chi connectivity index (χ3n) is 5.66. The molecule has 0 unspecified atom stereocenters. The summed E-state index contributed by atoms with van der Waals surface area (Å²) in [6, 6.07) is 4.65. The number of ether oxygens (including phenoxy) is 1. The second-order valence-corrected chi connectivity index (χ2v) is 10.7. The van der Waals surface area contributed by atoms with Crippen LogP contribution in [0, 0.1) is 13.8 Å². The molecule has 3 rings (SSSR count). The van der Waals surface area contributed by atoms with Gasteiger partial charge in [0.25, 0.3) is 0 Å². The van der Waals surface area contributed by atoms with Crippen molar-refractivity contribution < 1.29 is 17.9 Å². The minimum absolute atomic E-state index is 0.163. The molecule has 10 heteroatoms. The molecule has 180 valence electrons. The number of carbonyl (C=O) groups excluding carboxylic acids is 1. The average molecular weight is 493 g/mol. The Morgan fingerprint density at radius 1 is 1.15 bits per heavy atom. The van der Waals surface area contributed by atoms with E-state index in [1.807, 2.05) is 27.0 Å². The van der Waals surface area contributed by atoms with Crippen LogP contribution in [0.2, 0.25) is 0 Å². The fourth-order valence-corrected chi connectivity index (χ4v) is 5.92. The normalized spacial score (nSPS) is 14.8. The maximum Gasteiger partial charge on any atom is 0.243 e. The number of piperidine rings is 1. The SMILES string of the molecule is CCOc1ccc(S(=O)(=O)N2CCCCC2)cc1NC(=O)CCc1c(C)nc(SC)nc1C. The van der Waals surface area contributed by atoms with Gasteiger partial charge in [-0.1, -0.05) is 18.2 Å². The Labute approximate surface area is 200 Å². The second kappa shape index (κ2) is 11.3. The van der Waals surface area contributed by atoms with Crippen molar-refractivity contribution in [3.8, 4) is 5.75 Å². The highest BCUT2D eigenvalue weighted by molar-refractivity contribution is 7.98. The summed E-state index contributed by atoms with van der Waals surface area (Å²) in [7, 11) is -3.62. The Kier molecular flexibility index (Phi) is 8.72. The van der Waals surface area contributed by atoms with E-state index in [4.69, 9.17) is 4.74 Å². The number of sulfonamides is 1. The van der Waals surface area contributed by atoms with Crippen molar-refractivity contribution in [3.05, 3.63) is 35.2 Å². The Morgan fingerprint density at radius 3 is 2.42 bits per heavy atom. The maximum absolute atomic E-state index is 13.1. The topological polar surface area (TPSA) is 101 Å². The van der Waals surface area contributed by atoms with Crippen molar-refractivity contribution in [1.82, 2.24) is 14.3 Å². The number of benzene rings is 1. The maximum atomic E-state index is 13.1. The number of aryl methyl sites for hydroxylation is 2. The smallest absolute Gasteiger partial charge is 0.243 e. The summed E-state index contributed by atoms with van der Waals surface area (Å²) in [4.78, 5) is 21.9. The molecule has 1 aliphatic heterocycles. The van der Waals surface area contributed by atoms with Crippen molar-refractivity contribution in [3.63, 3.8) is 0 Å². The monoisotopic (exact) mass is 492 g/mol. The van der Waals surface area contributed by atoms with Crippen LogP contribution in [0.4, 0.5) is 5.69 Å². The summed E-state index contributed by atoms with van der Waals surface area (Å²) in [5.74, 6) is 0.222. The first-order valence-corrected chi connectivity index (χ1v) is 13.9. The van der Waals surface area contributed by atoms with E-state index in [0.29, 0.717) is 42.7 Å². The van der Waals surface area contributed by atoms with Crippen LogP contribution in [0.5, 0.6) is 5.75 Å². The Bertz CT molecular complexity index is 1080. The molecule has 8 nitrogen and oxygen atoms in total. The van der Waals surface area contributed by atoms with Crippen LogP contribution >= 0.6 is 11.8 Å². The van der Waals surface area contributed by atoms with Gasteiger partial charge in [-0.15, -0.1) is 0 Å². The lowest BCUT2D eigenvalue weighted by Crippen LogP contribution is -2.35. The van der Waals surface area contributed by atoms with Gasteiger partial charge in [0.05, 0.1) is 17.2 Å². The van der Waals surface area contributed by atoms with Gasteiger partial charge in [-0.2, -0.15) is 4.31 Å². The zero-order valence-corrected chi connectivity index (χ0v) is 21.3. The van der Waals surface area contributed by atoms with Gasteiger partial charge < -0.3 is 10.1 Å². The van der Waals surface area contributed by atoms with Gasteiger partial charge in [-0.05, 0) is 70.1 Å². The Balaban J connectivity index is 1.77. The lowest BCUT2D eigenvalue weighted by molar-refractivity contribution is -0.116. The van der Waals surface area contributed by atoms with Crippen molar-refractivity contribution in [2.24, 2.45) is 0 Å². The third kappa shape index (κ3) is 6.24. The van der Waals surface area contributed by atoms with E-state index in [2.05, 4.69) is 15.3 Å². The highest BCUT2D eigenvalue weighted by Crippen LogP contribution is 2.30. The molecule has 0 atom stereocenters. The Morgan fingerprint density at radius 2 is 1.82 bits per heavy atom. The average Bonchev–Trinajstić information content (AvgIpc) is 2.80. The highest BCUT2D eigenvalue weighted by Gasteiger charge is 2.27. The number of nitrogens with zero attached hydrogens (tertiary/aromatic N) is 3. The first kappa shape index (κ1) is 25.5. The van der Waals surface area contributed by atoms with E-state index in [0.717, 1.165) is 36.2 Å². The number of hydrogen-bond acceptors (Lipinski definition) is 7.